The number of amides is 1. The average molecular weight is 324 g/mol. The van der Waals surface area contributed by atoms with Crippen molar-refractivity contribution in [3.05, 3.63) is 35.9 Å². The van der Waals surface area contributed by atoms with Gasteiger partial charge in [-0.15, -0.1) is 0 Å². The van der Waals surface area contributed by atoms with Crippen LogP contribution in [-0.4, -0.2) is 37.0 Å². The Kier molecular flexibility index (Phi) is 5.58. The lowest BCUT2D eigenvalue weighted by molar-refractivity contribution is -0.124. The molecule has 1 heterocycles. The van der Waals surface area contributed by atoms with Crippen LogP contribution in [-0.2, 0) is 14.8 Å². The number of hydrogen-bond acceptors (Lipinski definition) is 3. The fourth-order valence-electron chi connectivity index (χ4n) is 2.84. The number of carbonyl (C=O) groups excluding carboxylic acids is 1. The summed E-state index contributed by atoms with van der Waals surface area (Å²) in [6, 6.07) is 8.97. The van der Waals surface area contributed by atoms with Crippen molar-refractivity contribution in [2.45, 2.75) is 45.2 Å². The molecule has 2 atom stereocenters. The largest absolute Gasteiger partial charge is 0.348 e. The predicted octanol–water partition coefficient (Wildman–Crippen LogP) is 2.07. The van der Waals surface area contributed by atoms with Gasteiger partial charge in [-0.3, -0.25) is 4.79 Å². The minimum atomic E-state index is -3.33. The van der Waals surface area contributed by atoms with Crippen molar-refractivity contribution >= 4 is 15.9 Å². The van der Waals surface area contributed by atoms with Gasteiger partial charge < -0.3 is 5.32 Å². The molecule has 1 amide bonds. The zero-order valence-corrected chi connectivity index (χ0v) is 14.0. The summed E-state index contributed by atoms with van der Waals surface area (Å²) in [5, 5.41) is 2.94. The van der Waals surface area contributed by atoms with Crippen LogP contribution in [0.4, 0.5) is 0 Å². The van der Waals surface area contributed by atoms with Gasteiger partial charge in [-0.2, -0.15) is 4.31 Å². The van der Waals surface area contributed by atoms with Crippen LogP contribution >= 0.6 is 0 Å². The molecule has 0 aromatic heterocycles. The number of carbonyl (C=O) groups is 1. The molecular formula is C16H24N2O3S. The van der Waals surface area contributed by atoms with Gasteiger partial charge in [-0.25, -0.2) is 8.42 Å². The zero-order valence-electron chi connectivity index (χ0n) is 13.2. The summed E-state index contributed by atoms with van der Waals surface area (Å²) in [7, 11) is -3.33. The van der Waals surface area contributed by atoms with Gasteiger partial charge in [0.05, 0.1) is 11.8 Å². The maximum absolute atomic E-state index is 12.5. The fourth-order valence-corrected chi connectivity index (χ4v) is 4.59. The van der Waals surface area contributed by atoms with E-state index in [1.165, 1.54) is 4.31 Å². The SMILES string of the molecule is CCCS(=O)(=O)N1CCC[C@@H]1C(=O)N[C@@H](C)c1ccccc1. The van der Waals surface area contributed by atoms with Crippen molar-refractivity contribution < 1.29 is 13.2 Å². The van der Waals surface area contributed by atoms with E-state index in [0.717, 1.165) is 12.0 Å². The van der Waals surface area contributed by atoms with Crippen molar-refractivity contribution in [1.29, 1.82) is 0 Å². The molecule has 1 N–H and O–H groups in total. The van der Waals surface area contributed by atoms with E-state index < -0.39 is 16.1 Å². The monoisotopic (exact) mass is 324 g/mol. The molecule has 0 spiro atoms. The maximum atomic E-state index is 12.5. The zero-order chi connectivity index (χ0) is 16.2. The molecule has 1 saturated heterocycles. The maximum Gasteiger partial charge on any atom is 0.238 e. The van der Waals surface area contributed by atoms with E-state index in [2.05, 4.69) is 5.32 Å². The second-order valence-electron chi connectivity index (χ2n) is 5.73. The van der Waals surface area contributed by atoms with Crippen LogP contribution in [0.2, 0.25) is 0 Å². The van der Waals surface area contributed by atoms with E-state index in [0.29, 0.717) is 19.4 Å². The third kappa shape index (κ3) is 3.87. The lowest BCUT2D eigenvalue weighted by atomic mass is 10.1. The lowest BCUT2D eigenvalue weighted by Crippen LogP contribution is -2.47. The van der Waals surface area contributed by atoms with Crippen LogP contribution in [0.3, 0.4) is 0 Å². The molecule has 1 aliphatic rings. The minimum Gasteiger partial charge on any atom is -0.348 e. The van der Waals surface area contributed by atoms with Gasteiger partial charge in [-0.05, 0) is 31.7 Å². The molecule has 0 bridgehead atoms. The average Bonchev–Trinajstić information content (AvgIpc) is 2.98. The number of benzene rings is 1. The van der Waals surface area contributed by atoms with E-state index in [4.69, 9.17) is 0 Å². The Morgan fingerprint density at radius 2 is 2.05 bits per heavy atom. The molecule has 6 heteroatoms. The quantitative estimate of drug-likeness (QED) is 0.871. The van der Waals surface area contributed by atoms with Gasteiger partial charge in [-0.1, -0.05) is 37.3 Å². The first kappa shape index (κ1) is 17.0. The Balaban J connectivity index is 2.05. The van der Waals surface area contributed by atoms with Gasteiger partial charge in [0, 0.05) is 6.54 Å². The summed E-state index contributed by atoms with van der Waals surface area (Å²) in [4.78, 5) is 12.5. The van der Waals surface area contributed by atoms with Crippen LogP contribution < -0.4 is 5.32 Å². The van der Waals surface area contributed by atoms with Crippen LogP contribution in [0.5, 0.6) is 0 Å². The van der Waals surface area contributed by atoms with Crippen molar-refractivity contribution in [1.82, 2.24) is 9.62 Å². The molecule has 1 aromatic carbocycles. The third-order valence-corrected chi connectivity index (χ3v) is 6.06. The smallest absolute Gasteiger partial charge is 0.238 e. The molecule has 0 radical (unpaired) electrons. The molecule has 22 heavy (non-hydrogen) atoms. The summed E-state index contributed by atoms with van der Waals surface area (Å²) in [6.07, 6.45) is 1.89. The van der Waals surface area contributed by atoms with Gasteiger partial charge >= 0.3 is 0 Å². The number of nitrogens with one attached hydrogen (secondary N) is 1. The van der Waals surface area contributed by atoms with Crippen molar-refractivity contribution in [2.24, 2.45) is 0 Å². The second-order valence-corrected chi connectivity index (χ2v) is 7.77. The highest BCUT2D eigenvalue weighted by molar-refractivity contribution is 7.89. The van der Waals surface area contributed by atoms with Gasteiger partial charge in [0.15, 0.2) is 0 Å². The summed E-state index contributed by atoms with van der Waals surface area (Å²) in [5.41, 5.74) is 1.01. The van der Waals surface area contributed by atoms with E-state index in [1.807, 2.05) is 44.2 Å². The van der Waals surface area contributed by atoms with Crippen molar-refractivity contribution in [2.75, 3.05) is 12.3 Å². The number of hydrogen-bond donors (Lipinski definition) is 1. The first-order valence-corrected chi connectivity index (χ1v) is 9.41. The molecule has 122 valence electrons. The Hall–Kier alpha value is -1.40. The van der Waals surface area contributed by atoms with E-state index in [-0.39, 0.29) is 17.7 Å². The van der Waals surface area contributed by atoms with Crippen LogP contribution in [0.25, 0.3) is 0 Å². The molecule has 1 aromatic rings. The molecule has 0 saturated carbocycles. The second kappa shape index (κ2) is 7.24. The summed E-state index contributed by atoms with van der Waals surface area (Å²) >= 11 is 0. The van der Waals surface area contributed by atoms with Crippen LogP contribution in [0, 0.1) is 0 Å². The van der Waals surface area contributed by atoms with E-state index in [9.17, 15) is 13.2 Å². The Bertz CT molecular complexity index is 601. The number of nitrogens with zero attached hydrogens (tertiary/aromatic N) is 1. The Labute approximate surface area is 132 Å². The lowest BCUT2D eigenvalue weighted by Gasteiger charge is -2.25. The molecule has 0 unspecified atom stereocenters. The number of sulfonamides is 1. The highest BCUT2D eigenvalue weighted by Crippen LogP contribution is 2.23. The van der Waals surface area contributed by atoms with Crippen molar-refractivity contribution in [3.8, 4) is 0 Å². The highest BCUT2D eigenvalue weighted by Gasteiger charge is 2.38. The molecule has 0 aliphatic carbocycles. The molecular weight excluding hydrogens is 300 g/mol. The topological polar surface area (TPSA) is 66.5 Å². The summed E-state index contributed by atoms with van der Waals surface area (Å²) in [5.74, 6) is -0.0982. The first-order chi connectivity index (χ1) is 10.5. The van der Waals surface area contributed by atoms with E-state index >= 15 is 0 Å². The normalized spacial score (nSPS) is 20.7. The summed E-state index contributed by atoms with van der Waals surface area (Å²) in [6.45, 7) is 4.19. The fraction of sp³-hybridized carbons (Fsp3) is 0.562. The molecule has 2 rings (SSSR count). The summed E-state index contributed by atoms with van der Waals surface area (Å²) < 4.78 is 25.9. The van der Waals surface area contributed by atoms with Crippen LogP contribution in [0.15, 0.2) is 30.3 Å². The molecule has 1 fully saturated rings. The first-order valence-electron chi connectivity index (χ1n) is 7.80. The molecule has 1 aliphatic heterocycles. The third-order valence-electron chi connectivity index (χ3n) is 3.98. The minimum absolute atomic E-state index is 0.102. The predicted molar refractivity (Wildman–Crippen MR) is 86.8 cm³/mol. The number of rotatable bonds is 6. The highest BCUT2D eigenvalue weighted by atomic mass is 32.2. The van der Waals surface area contributed by atoms with Gasteiger partial charge in [0.1, 0.15) is 6.04 Å². The van der Waals surface area contributed by atoms with Gasteiger partial charge in [0.25, 0.3) is 0 Å². The van der Waals surface area contributed by atoms with E-state index in [1.54, 1.807) is 0 Å². The van der Waals surface area contributed by atoms with Crippen molar-refractivity contribution in [3.63, 3.8) is 0 Å². The van der Waals surface area contributed by atoms with Gasteiger partial charge in [0.2, 0.25) is 15.9 Å². The Morgan fingerprint density at radius 3 is 2.68 bits per heavy atom. The Morgan fingerprint density at radius 1 is 1.36 bits per heavy atom. The molecule has 5 nitrogen and oxygen atoms in total. The van der Waals surface area contributed by atoms with Crippen LogP contribution in [0.1, 0.15) is 44.7 Å². The standard InChI is InChI=1S/C16H24N2O3S/c1-3-12-22(20,21)18-11-7-10-15(18)16(19)17-13(2)14-8-5-4-6-9-14/h4-6,8-9,13,15H,3,7,10-12H2,1-2H3,(H,17,19)/t13-,15+/m0/s1.